The Hall–Kier alpha value is -1.58. The van der Waals surface area contributed by atoms with Crippen molar-refractivity contribution in [1.82, 2.24) is 0 Å². The van der Waals surface area contributed by atoms with Crippen molar-refractivity contribution in [1.29, 1.82) is 0 Å². The van der Waals surface area contributed by atoms with E-state index >= 15 is 0 Å². The Kier molecular flexibility index (Phi) is 7.73. The molecule has 0 aliphatic rings. The van der Waals surface area contributed by atoms with Crippen molar-refractivity contribution in [2.75, 3.05) is 0 Å². The summed E-state index contributed by atoms with van der Waals surface area (Å²) in [5.74, 6) is 0. The van der Waals surface area contributed by atoms with Crippen molar-refractivity contribution in [2.45, 2.75) is 65.7 Å². The van der Waals surface area contributed by atoms with Crippen molar-refractivity contribution in [3.63, 3.8) is 0 Å². The molecule has 0 unspecified atom stereocenters. The Labute approximate surface area is 153 Å². The van der Waals surface area contributed by atoms with Gasteiger partial charge in [-0.05, 0) is 48.8 Å². The summed E-state index contributed by atoms with van der Waals surface area (Å²) in [6.45, 7) is 6.12. The van der Waals surface area contributed by atoms with Gasteiger partial charge < -0.3 is 10.0 Å². The third-order valence-electron chi connectivity index (χ3n) is 4.93. The second-order valence-electron chi connectivity index (χ2n) is 7.12. The van der Waals surface area contributed by atoms with Crippen molar-refractivity contribution in [3.05, 3.63) is 53.1 Å². The summed E-state index contributed by atoms with van der Waals surface area (Å²) in [6, 6.07) is 12.8. The number of benzene rings is 2. The van der Waals surface area contributed by atoms with Crippen LogP contribution in [0.15, 0.2) is 36.4 Å². The van der Waals surface area contributed by atoms with E-state index in [2.05, 4.69) is 31.2 Å². The van der Waals surface area contributed by atoms with E-state index < -0.39 is 7.12 Å². The quantitative estimate of drug-likeness (QED) is 0.520. The van der Waals surface area contributed by atoms with Crippen molar-refractivity contribution >= 4 is 12.6 Å². The second kappa shape index (κ2) is 9.79. The standard InChI is InChI=1S/C22H31BO2/c1-4-5-6-7-8-9-11-19-12-10-13-20(16-19)21-14-17(2)22(23(24)25)18(3)15-21/h10,12-16,24-25H,4-9,11H2,1-3H3. The highest BCUT2D eigenvalue weighted by Crippen LogP contribution is 2.23. The highest BCUT2D eigenvalue weighted by molar-refractivity contribution is 6.59. The third-order valence-corrected chi connectivity index (χ3v) is 4.93. The minimum absolute atomic E-state index is 0.618. The number of hydrogen-bond acceptors (Lipinski definition) is 2. The molecule has 0 fully saturated rings. The molecule has 25 heavy (non-hydrogen) atoms. The minimum atomic E-state index is -1.41. The maximum absolute atomic E-state index is 9.52. The van der Waals surface area contributed by atoms with Gasteiger partial charge in [-0.2, -0.15) is 0 Å². The van der Waals surface area contributed by atoms with E-state index in [1.54, 1.807) is 0 Å². The van der Waals surface area contributed by atoms with Crippen LogP contribution in [-0.4, -0.2) is 17.2 Å². The highest BCUT2D eigenvalue weighted by atomic mass is 16.4. The fourth-order valence-corrected chi connectivity index (χ4v) is 3.56. The second-order valence-corrected chi connectivity index (χ2v) is 7.12. The van der Waals surface area contributed by atoms with Crippen LogP contribution in [0.2, 0.25) is 0 Å². The van der Waals surface area contributed by atoms with E-state index in [1.807, 2.05) is 26.0 Å². The number of hydrogen-bond donors (Lipinski definition) is 2. The molecule has 2 rings (SSSR count). The summed E-state index contributed by atoms with van der Waals surface area (Å²) < 4.78 is 0. The van der Waals surface area contributed by atoms with Gasteiger partial charge >= 0.3 is 7.12 Å². The van der Waals surface area contributed by atoms with Gasteiger partial charge in [-0.15, -0.1) is 0 Å². The molecule has 134 valence electrons. The molecular formula is C22H31BO2. The molecule has 2 aromatic rings. The van der Waals surface area contributed by atoms with Crippen molar-refractivity contribution in [2.24, 2.45) is 0 Å². The van der Waals surface area contributed by atoms with Crippen LogP contribution < -0.4 is 5.46 Å². The van der Waals surface area contributed by atoms with Crippen LogP contribution in [0.1, 0.15) is 62.1 Å². The van der Waals surface area contributed by atoms with Crippen LogP contribution in [-0.2, 0) is 6.42 Å². The van der Waals surface area contributed by atoms with Crippen LogP contribution >= 0.6 is 0 Å². The van der Waals surface area contributed by atoms with Crippen molar-refractivity contribution < 1.29 is 10.0 Å². The fraction of sp³-hybridized carbons (Fsp3) is 0.455. The Morgan fingerprint density at radius 2 is 1.44 bits per heavy atom. The number of aryl methyl sites for hydroxylation is 3. The van der Waals surface area contributed by atoms with E-state index in [9.17, 15) is 10.0 Å². The number of unbranched alkanes of at least 4 members (excludes halogenated alkanes) is 5. The molecule has 0 saturated carbocycles. The average molecular weight is 338 g/mol. The van der Waals surface area contributed by atoms with E-state index in [0.717, 1.165) is 23.1 Å². The van der Waals surface area contributed by atoms with Gasteiger partial charge in [-0.3, -0.25) is 0 Å². The molecule has 0 spiro atoms. The monoisotopic (exact) mass is 338 g/mol. The molecular weight excluding hydrogens is 307 g/mol. The zero-order valence-corrected chi connectivity index (χ0v) is 15.9. The fourth-order valence-electron chi connectivity index (χ4n) is 3.56. The van der Waals surface area contributed by atoms with E-state index in [4.69, 9.17) is 0 Å². The first-order valence-electron chi connectivity index (χ1n) is 9.59. The lowest BCUT2D eigenvalue weighted by molar-refractivity contribution is 0.425. The average Bonchev–Trinajstić information content (AvgIpc) is 2.57. The van der Waals surface area contributed by atoms with Crippen LogP contribution in [0.3, 0.4) is 0 Å². The molecule has 2 N–H and O–H groups in total. The summed E-state index contributed by atoms with van der Waals surface area (Å²) in [5.41, 5.74) is 6.19. The summed E-state index contributed by atoms with van der Waals surface area (Å²) in [6.07, 6.45) is 9.05. The van der Waals surface area contributed by atoms with Crippen LogP contribution in [0, 0.1) is 13.8 Å². The summed E-state index contributed by atoms with van der Waals surface area (Å²) in [4.78, 5) is 0. The van der Waals surface area contributed by atoms with E-state index in [1.165, 1.54) is 49.7 Å². The summed E-state index contributed by atoms with van der Waals surface area (Å²) in [7, 11) is -1.41. The Morgan fingerprint density at radius 1 is 0.800 bits per heavy atom. The first kappa shape index (κ1) is 19.7. The minimum Gasteiger partial charge on any atom is -0.423 e. The Bertz CT molecular complexity index is 656. The lowest BCUT2D eigenvalue weighted by atomic mass is 9.73. The molecule has 0 heterocycles. The maximum Gasteiger partial charge on any atom is 0.488 e. The third kappa shape index (κ3) is 5.72. The maximum atomic E-state index is 9.52. The van der Waals surface area contributed by atoms with Gasteiger partial charge in [0.15, 0.2) is 0 Å². The largest absolute Gasteiger partial charge is 0.488 e. The first-order chi connectivity index (χ1) is 12.0. The topological polar surface area (TPSA) is 40.5 Å². The van der Waals surface area contributed by atoms with Gasteiger partial charge in [0, 0.05) is 0 Å². The molecule has 0 saturated heterocycles. The lowest BCUT2D eigenvalue weighted by Crippen LogP contribution is -2.34. The summed E-state index contributed by atoms with van der Waals surface area (Å²) in [5, 5.41) is 19.0. The molecule has 0 aromatic heterocycles. The van der Waals surface area contributed by atoms with Gasteiger partial charge in [-0.1, -0.05) is 86.6 Å². The first-order valence-corrected chi connectivity index (χ1v) is 9.59. The molecule has 2 aromatic carbocycles. The zero-order chi connectivity index (χ0) is 18.2. The zero-order valence-electron chi connectivity index (χ0n) is 15.9. The van der Waals surface area contributed by atoms with E-state index in [0.29, 0.717) is 5.46 Å². The van der Waals surface area contributed by atoms with Crippen molar-refractivity contribution in [3.8, 4) is 11.1 Å². The normalized spacial score (nSPS) is 10.9. The predicted octanol–water partition coefficient (Wildman–Crippen LogP) is 4.55. The molecule has 3 heteroatoms. The number of rotatable bonds is 9. The molecule has 0 aliphatic heterocycles. The smallest absolute Gasteiger partial charge is 0.423 e. The Morgan fingerprint density at radius 3 is 2.08 bits per heavy atom. The SMILES string of the molecule is CCCCCCCCc1cccc(-c2cc(C)c(B(O)O)c(C)c2)c1. The van der Waals surface area contributed by atoms with Gasteiger partial charge in [0.1, 0.15) is 0 Å². The molecule has 0 atom stereocenters. The van der Waals surface area contributed by atoms with Gasteiger partial charge in [0.25, 0.3) is 0 Å². The molecule has 0 radical (unpaired) electrons. The van der Waals surface area contributed by atoms with Crippen LogP contribution in [0.25, 0.3) is 11.1 Å². The van der Waals surface area contributed by atoms with Gasteiger partial charge in [0.2, 0.25) is 0 Å². The van der Waals surface area contributed by atoms with Crippen LogP contribution in [0.5, 0.6) is 0 Å². The van der Waals surface area contributed by atoms with E-state index in [-0.39, 0.29) is 0 Å². The lowest BCUT2D eigenvalue weighted by Gasteiger charge is -2.13. The highest BCUT2D eigenvalue weighted by Gasteiger charge is 2.17. The van der Waals surface area contributed by atoms with Gasteiger partial charge in [0.05, 0.1) is 0 Å². The molecule has 0 bridgehead atoms. The van der Waals surface area contributed by atoms with Crippen LogP contribution in [0.4, 0.5) is 0 Å². The molecule has 0 aliphatic carbocycles. The molecule has 2 nitrogen and oxygen atoms in total. The summed E-state index contributed by atoms with van der Waals surface area (Å²) >= 11 is 0. The predicted molar refractivity (Wildman–Crippen MR) is 108 cm³/mol. The van der Waals surface area contributed by atoms with Gasteiger partial charge in [-0.25, -0.2) is 0 Å². The molecule has 0 amide bonds. The Balaban J connectivity index is 2.06.